The molecule has 0 spiro atoms. The Morgan fingerprint density at radius 3 is 2.17 bits per heavy atom. The zero-order valence-corrected chi connectivity index (χ0v) is 37.8. The Balaban J connectivity index is 1.55. The van der Waals surface area contributed by atoms with Crippen molar-refractivity contribution in [3.8, 4) is 11.5 Å². The number of hydrogen-bond donors (Lipinski definition) is 3. The summed E-state index contributed by atoms with van der Waals surface area (Å²) >= 11 is 0. The van der Waals surface area contributed by atoms with Crippen LogP contribution in [-0.2, 0) is 23.8 Å². The van der Waals surface area contributed by atoms with Gasteiger partial charge in [0.1, 0.15) is 29.0 Å². The second-order valence-electron chi connectivity index (χ2n) is 17.3. The molecule has 0 unspecified atom stereocenters. The van der Waals surface area contributed by atoms with Gasteiger partial charge in [-0.25, -0.2) is 4.79 Å². The van der Waals surface area contributed by atoms with Crippen molar-refractivity contribution in [2.75, 3.05) is 20.2 Å². The van der Waals surface area contributed by atoms with Gasteiger partial charge >= 0.3 is 17.7 Å². The van der Waals surface area contributed by atoms with E-state index in [1.54, 1.807) is 62.9 Å². The number of allylic oxidation sites excluding steroid dienone is 4. The number of piperidine rings is 1. The van der Waals surface area contributed by atoms with Crippen LogP contribution >= 0.6 is 0 Å². The molecule has 3 N–H and O–H groups in total. The van der Waals surface area contributed by atoms with Crippen LogP contribution in [0.15, 0.2) is 77.9 Å². The van der Waals surface area contributed by atoms with E-state index in [2.05, 4.69) is 5.32 Å². The van der Waals surface area contributed by atoms with Gasteiger partial charge in [0.25, 0.3) is 11.7 Å². The molecular formula is C49H58N2O13. The first-order valence-electron chi connectivity index (χ1n) is 21.7. The maximum Gasteiger partial charge on any atom is 0.343 e. The monoisotopic (exact) mass is 882 g/mol. The minimum Gasteiger partial charge on any atom is -0.462 e. The molecule has 5 bridgehead atoms. The van der Waals surface area contributed by atoms with E-state index in [1.165, 1.54) is 65.4 Å². The number of fused-ring (bicyclic) bond motifs is 14. The number of nitrogens with zero attached hydrogens (tertiary/aromatic N) is 1. The molecule has 2 aromatic carbocycles. The molecule has 1 fully saturated rings. The van der Waals surface area contributed by atoms with Gasteiger partial charge in [-0.3, -0.25) is 24.0 Å². The Kier molecular flexibility index (Phi) is 14.5. The fourth-order valence-electron chi connectivity index (χ4n) is 8.93. The number of nitrogens with one attached hydrogen (secondary N) is 1. The number of ketones is 3. The molecule has 4 aliphatic heterocycles. The predicted molar refractivity (Wildman–Crippen MR) is 233 cm³/mol. The van der Waals surface area contributed by atoms with Crippen LogP contribution in [0.3, 0.4) is 0 Å². The molecule has 7 rings (SSSR count). The van der Waals surface area contributed by atoms with Crippen molar-refractivity contribution in [1.82, 2.24) is 10.2 Å². The third-order valence-electron chi connectivity index (χ3n) is 12.8. The van der Waals surface area contributed by atoms with E-state index < -0.39 is 94.6 Å². The van der Waals surface area contributed by atoms with Crippen LogP contribution in [0, 0.1) is 30.6 Å². The van der Waals surface area contributed by atoms with Gasteiger partial charge in [-0.2, -0.15) is 0 Å². The lowest BCUT2D eigenvalue weighted by Crippen LogP contribution is -2.46. The number of carbonyl (C=O) groups excluding carboxylic acids is 6. The standard InChI is InChI=1S/C49H58N2O13/c1-25-17-16-18-26(2)47(58)50-37-38(51-22-14-11-15-23-51)42(56)34-35(41(37)55)44(63-48(59)32-19-12-10-13-20-32)30(6)45-36(34)46(57)49(8,64-45)61-24-21-33(60-9)27(3)43(62-31(7)52)29(5)40(54)28(4)39(25)53/h10,12-13,16-21,24-25,27-29,33,39-40,43,53-54H,11,14-15,22-23H2,1-9H3,(H,50,58)/t25-,27+,28+,29-,33-,39-,40-,43+,49-/m0/s1. The Bertz CT molecular complexity index is 2320. The highest BCUT2D eigenvalue weighted by atomic mass is 16.7. The van der Waals surface area contributed by atoms with E-state index in [-0.39, 0.29) is 50.7 Å². The first-order chi connectivity index (χ1) is 30.3. The maximum absolute atomic E-state index is 15.2. The molecule has 5 aliphatic rings. The smallest absolute Gasteiger partial charge is 0.343 e. The minimum atomic E-state index is -2.13. The fraction of sp³-hybridized carbons (Fsp3) is 0.469. The molecule has 15 nitrogen and oxygen atoms in total. The number of Topliss-reactive ketones (excluding diaryl/α,β-unsaturated/α-hetero) is 3. The average Bonchev–Trinajstić information content (AvgIpc) is 3.54. The number of likely N-dealkylation sites (tertiary alicyclic amines) is 1. The average molecular weight is 883 g/mol. The SMILES string of the molecule is CO[C@H]1C=CO[C@@]2(C)Oc3c(C)c(OC(=O)c4ccccc4)c4c(c3C2=O)C(=O)C(N2CCCCC2)=C(NC(=O)C(C)=CC=C[C@H](C)[C@H](O)[C@@H](C)[C@H](O)[C@H](C)[C@H](OC(C)=O)[C@@H]1C)C4=O. The van der Waals surface area contributed by atoms with Gasteiger partial charge in [0.15, 0.2) is 0 Å². The molecule has 1 aliphatic carbocycles. The summed E-state index contributed by atoms with van der Waals surface area (Å²) in [7, 11) is 1.43. The summed E-state index contributed by atoms with van der Waals surface area (Å²) in [4.78, 5) is 87.0. The summed E-state index contributed by atoms with van der Waals surface area (Å²) < 4.78 is 29.9. The minimum absolute atomic E-state index is 0.0494. The number of aliphatic hydroxyl groups is 2. The van der Waals surface area contributed by atoms with Crippen molar-refractivity contribution in [1.29, 1.82) is 0 Å². The van der Waals surface area contributed by atoms with Crippen LogP contribution in [0.5, 0.6) is 11.5 Å². The molecule has 342 valence electrons. The normalized spacial score (nSPS) is 29.2. The van der Waals surface area contributed by atoms with Gasteiger partial charge in [0.2, 0.25) is 11.6 Å². The van der Waals surface area contributed by atoms with Crippen LogP contribution in [0.2, 0.25) is 0 Å². The van der Waals surface area contributed by atoms with Gasteiger partial charge in [-0.1, -0.05) is 64.1 Å². The number of carbonyl (C=O) groups is 6. The summed E-state index contributed by atoms with van der Waals surface area (Å²) in [5, 5.41) is 25.7. The van der Waals surface area contributed by atoms with Crippen molar-refractivity contribution in [3.63, 3.8) is 0 Å². The van der Waals surface area contributed by atoms with Gasteiger partial charge < -0.3 is 44.1 Å². The van der Waals surface area contributed by atoms with E-state index in [9.17, 15) is 29.4 Å². The van der Waals surface area contributed by atoms with Crippen LogP contribution in [0.1, 0.15) is 115 Å². The molecule has 64 heavy (non-hydrogen) atoms. The van der Waals surface area contributed by atoms with Gasteiger partial charge in [-0.15, -0.1) is 0 Å². The zero-order chi connectivity index (χ0) is 46.8. The lowest BCUT2D eigenvalue weighted by molar-refractivity contribution is -0.160. The molecule has 4 heterocycles. The summed E-state index contributed by atoms with van der Waals surface area (Å²) in [5.74, 6) is -9.77. The summed E-state index contributed by atoms with van der Waals surface area (Å²) in [6.45, 7) is 13.2. The fourth-order valence-corrected chi connectivity index (χ4v) is 8.93. The number of ether oxygens (including phenoxy) is 5. The number of methoxy groups -OCH3 is 1. The van der Waals surface area contributed by atoms with Crippen molar-refractivity contribution in [2.45, 2.75) is 105 Å². The van der Waals surface area contributed by atoms with E-state index in [4.69, 9.17) is 23.7 Å². The second-order valence-corrected chi connectivity index (χ2v) is 17.3. The third kappa shape index (κ3) is 9.19. The van der Waals surface area contributed by atoms with Crippen LogP contribution in [0.25, 0.3) is 0 Å². The zero-order valence-electron chi connectivity index (χ0n) is 37.8. The van der Waals surface area contributed by atoms with Crippen molar-refractivity contribution in [2.24, 2.45) is 23.7 Å². The van der Waals surface area contributed by atoms with Crippen molar-refractivity contribution in [3.05, 3.63) is 106 Å². The molecule has 0 radical (unpaired) electrons. The number of hydrogen-bond acceptors (Lipinski definition) is 14. The lowest BCUT2D eigenvalue weighted by atomic mass is 9.78. The van der Waals surface area contributed by atoms with E-state index in [0.717, 1.165) is 6.42 Å². The lowest BCUT2D eigenvalue weighted by Gasteiger charge is -2.38. The topological polar surface area (TPSA) is 204 Å². The quantitative estimate of drug-likeness (QED) is 0.234. The first kappa shape index (κ1) is 47.6. The largest absolute Gasteiger partial charge is 0.462 e. The second kappa shape index (κ2) is 19.5. The van der Waals surface area contributed by atoms with Gasteiger partial charge in [0, 0.05) is 68.9 Å². The number of esters is 2. The van der Waals surface area contributed by atoms with Crippen LogP contribution in [0.4, 0.5) is 0 Å². The molecule has 2 aromatic rings. The van der Waals surface area contributed by atoms with E-state index in [0.29, 0.717) is 25.9 Å². The van der Waals surface area contributed by atoms with Gasteiger partial charge in [0.05, 0.1) is 46.8 Å². The third-order valence-corrected chi connectivity index (χ3v) is 12.8. The molecule has 1 amide bonds. The molecule has 0 saturated carbocycles. The van der Waals surface area contributed by atoms with Crippen molar-refractivity contribution >= 4 is 35.2 Å². The first-order valence-corrected chi connectivity index (χ1v) is 21.7. The number of aliphatic hydroxyl groups excluding tert-OH is 2. The number of rotatable bonds is 5. The summed E-state index contributed by atoms with van der Waals surface area (Å²) in [5.41, 5.74) is -1.13. The van der Waals surface area contributed by atoms with E-state index >= 15 is 9.59 Å². The van der Waals surface area contributed by atoms with Gasteiger partial charge in [-0.05, 0) is 51.3 Å². The predicted octanol–water partition coefficient (Wildman–Crippen LogP) is 5.96. The van der Waals surface area contributed by atoms with E-state index in [1.807, 2.05) is 0 Å². The van der Waals surface area contributed by atoms with Crippen molar-refractivity contribution < 1.29 is 62.7 Å². The highest BCUT2D eigenvalue weighted by Crippen LogP contribution is 2.50. The number of benzene rings is 2. The Hall–Kier alpha value is -5.90. The molecule has 0 aromatic heterocycles. The molecular weight excluding hydrogens is 825 g/mol. The highest BCUT2D eigenvalue weighted by molar-refractivity contribution is 6.32. The maximum atomic E-state index is 15.2. The van der Waals surface area contributed by atoms with Crippen LogP contribution < -0.4 is 14.8 Å². The Labute approximate surface area is 373 Å². The highest BCUT2D eigenvalue weighted by Gasteiger charge is 2.53. The van der Waals surface area contributed by atoms with Crippen LogP contribution in [-0.4, -0.2) is 101 Å². The molecule has 15 heteroatoms. The summed E-state index contributed by atoms with van der Waals surface area (Å²) in [6.07, 6.45) is 5.67. The number of amides is 1. The summed E-state index contributed by atoms with van der Waals surface area (Å²) in [6, 6.07) is 8.01. The molecule has 1 saturated heterocycles. The Morgan fingerprint density at radius 1 is 0.859 bits per heavy atom. The molecule has 9 atom stereocenters. The Morgan fingerprint density at radius 2 is 1.53 bits per heavy atom.